The highest BCUT2D eigenvalue weighted by atomic mass is 32.1. The van der Waals surface area contributed by atoms with E-state index < -0.39 is 0 Å². The zero-order valence-corrected chi connectivity index (χ0v) is 11.9. The van der Waals surface area contributed by atoms with Crippen molar-refractivity contribution < 1.29 is 9.90 Å². The number of thiophene rings is 1. The summed E-state index contributed by atoms with van der Waals surface area (Å²) in [4.78, 5) is 16.0. The summed E-state index contributed by atoms with van der Waals surface area (Å²) in [6.07, 6.45) is 1.93. The molecular weight excluding hydrogens is 248 g/mol. The maximum atomic E-state index is 11.9. The van der Waals surface area contributed by atoms with Gasteiger partial charge in [-0.2, -0.15) is 0 Å². The predicted molar refractivity (Wildman–Crippen MR) is 74.9 cm³/mol. The van der Waals surface area contributed by atoms with E-state index in [1.54, 1.807) is 16.2 Å². The van der Waals surface area contributed by atoms with Gasteiger partial charge < -0.3 is 15.3 Å². The topological polar surface area (TPSA) is 52.6 Å². The summed E-state index contributed by atoms with van der Waals surface area (Å²) in [6, 6.07) is 4.06. The normalized spacial score (nSPS) is 10.4. The summed E-state index contributed by atoms with van der Waals surface area (Å²) in [5.74, 6) is 0. The average molecular weight is 270 g/mol. The van der Waals surface area contributed by atoms with E-state index >= 15 is 0 Å². The maximum Gasteiger partial charge on any atom is 0.317 e. The van der Waals surface area contributed by atoms with Crippen LogP contribution in [0.2, 0.25) is 0 Å². The fourth-order valence-electron chi connectivity index (χ4n) is 1.69. The molecule has 0 bridgehead atoms. The summed E-state index contributed by atoms with van der Waals surface area (Å²) in [6.45, 7) is 5.78. The Morgan fingerprint density at radius 2 is 2.06 bits per heavy atom. The molecule has 102 valence electrons. The first-order valence-electron chi connectivity index (χ1n) is 6.42. The van der Waals surface area contributed by atoms with E-state index in [9.17, 15) is 4.79 Å². The van der Waals surface area contributed by atoms with Gasteiger partial charge in [0.15, 0.2) is 0 Å². The minimum atomic E-state index is -0.0997. The van der Waals surface area contributed by atoms with Gasteiger partial charge in [-0.25, -0.2) is 4.79 Å². The van der Waals surface area contributed by atoms with Gasteiger partial charge in [0.2, 0.25) is 0 Å². The molecule has 1 aromatic heterocycles. The standard InChI is InChI=1S/C13H22N2O2S/c1-3-7-15(8-9-16)13(17)14-10-12-6-5-11(4-2)18-12/h5-6,16H,3-4,7-10H2,1-2H3,(H,14,17). The van der Waals surface area contributed by atoms with Gasteiger partial charge >= 0.3 is 6.03 Å². The molecule has 2 amide bonds. The molecule has 0 unspecified atom stereocenters. The Labute approximate surface area is 113 Å². The summed E-state index contributed by atoms with van der Waals surface area (Å²) in [5.41, 5.74) is 0. The number of aryl methyl sites for hydroxylation is 1. The van der Waals surface area contributed by atoms with Crippen molar-refractivity contribution in [2.24, 2.45) is 0 Å². The van der Waals surface area contributed by atoms with Crippen LogP contribution in [0.4, 0.5) is 4.79 Å². The smallest absolute Gasteiger partial charge is 0.317 e. The molecule has 0 spiro atoms. The van der Waals surface area contributed by atoms with Crippen LogP contribution in [0.15, 0.2) is 12.1 Å². The van der Waals surface area contributed by atoms with Crippen molar-refractivity contribution in [3.8, 4) is 0 Å². The lowest BCUT2D eigenvalue weighted by Crippen LogP contribution is -2.41. The van der Waals surface area contributed by atoms with Crippen LogP contribution in [0.1, 0.15) is 30.0 Å². The Balaban J connectivity index is 2.42. The van der Waals surface area contributed by atoms with Gasteiger partial charge in [-0.3, -0.25) is 0 Å². The number of carbonyl (C=O) groups excluding carboxylic acids is 1. The first-order chi connectivity index (χ1) is 8.71. The lowest BCUT2D eigenvalue weighted by Gasteiger charge is -2.21. The van der Waals surface area contributed by atoms with Crippen LogP contribution < -0.4 is 5.32 Å². The third-order valence-corrected chi connectivity index (χ3v) is 3.86. The van der Waals surface area contributed by atoms with Gasteiger partial charge in [0.05, 0.1) is 13.2 Å². The number of hydrogen-bond donors (Lipinski definition) is 2. The van der Waals surface area contributed by atoms with Gasteiger partial charge in [-0.05, 0) is 25.0 Å². The molecule has 0 aliphatic rings. The van der Waals surface area contributed by atoms with E-state index in [-0.39, 0.29) is 12.6 Å². The molecule has 5 heteroatoms. The van der Waals surface area contributed by atoms with Crippen molar-refractivity contribution in [2.45, 2.75) is 33.2 Å². The Bertz CT molecular complexity index is 360. The van der Waals surface area contributed by atoms with Crippen molar-refractivity contribution in [1.29, 1.82) is 0 Å². The Morgan fingerprint density at radius 3 is 2.61 bits per heavy atom. The number of nitrogens with one attached hydrogen (secondary N) is 1. The van der Waals surface area contributed by atoms with E-state index in [0.717, 1.165) is 12.8 Å². The highest BCUT2D eigenvalue weighted by Crippen LogP contribution is 2.16. The second-order valence-corrected chi connectivity index (χ2v) is 5.34. The lowest BCUT2D eigenvalue weighted by molar-refractivity contribution is 0.177. The van der Waals surface area contributed by atoms with Crippen molar-refractivity contribution >= 4 is 17.4 Å². The molecular formula is C13H22N2O2S. The van der Waals surface area contributed by atoms with Gasteiger partial charge in [-0.1, -0.05) is 13.8 Å². The van der Waals surface area contributed by atoms with Crippen LogP contribution in [0.5, 0.6) is 0 Å². The van der Waals surface area contributed by atoms with Gasteiger partial charge in [0.25, 0.3) is 0 Å². The number of rotatable bonds is 7. The molecule has 0 aromatic carbocycles. The molecule has 1 aromatic rings. The molecule has 0 aliphatic heterocycles. The third-order valence-electron chi connectivity index (χ3n) is 2.63. The van der Waals surface area contributed by atoms with E-state index in [2.05, 4.69) is 24.4 Å². The second kappa shape index (κ2) is 8.11. The van der Waals surface area contributed by atoms with Crippen LogP contribution in [-0.2, 0) is 13.0 Å². The van der Waals surface area contributed by atoms with Crippen LogP contribution in [0, 0.1) is 0 Å². The first kappa shape index (κ1) is 15.0. The molecule has 2 N–H and O–H groups in total. The van der Waals surface area contributed by atoms with Crippen LogP contribution >= 0.6 is 11.3 Å². The Morgan fingerprint density at radius 1 is 1.33 bits per heavy atom. The van der Waals surface area contributed by atoms with Crippen molar-refractivity contribution in [3.63, 3.8) is 0 Å². The first-order valence-corrected chi connectivity index (χ1v) is 7.24. The molecule has 1 rings (SSSR count). The van der Waals surface area contributed by atoms with E-state index in [4.69, 9.17) is 5.11 Å². The molecule has 0 saturated heterocycles. The number of hydrogen-bond acceptors (Lipinski definition) is 3. The average Bonchev–Trinajstić information content (AvgIpc) is 2.83. The minimum absolute atomic E-state index is 0.00635. The summed E-state index contributed by atoms with van der Waals surface area (Å²) in [7, 11) is 0. The van der Waals surface area contributed by atoms with Gasteiger partial charge in [0.1, 0.15) is 0 Å². The monoisotopic (exact) mass is 270 g/mol. The van der Waals surface area contributed by atoms with E-state index in [1.165, 1.54) is 9.75 Å². The third kappa shape index (κ3) is 4.66. The van der Waals surface area contributed by atoms with Crippen LogP contribution in [0.3, 0.4) is 0 Å². The molecule has 0 aliphatic carbocycles. The van der Waals surface area contributed by atoms with Crippen molar-refractivity contribution in [1.82, 2.24) is 10.2 Å². The van der Waals surface area contributed by atoms with Gasteiger partial charge in [-0.15, -0.1) is 11.3 Å². The number of aliphatic hydroxyl groups is 1. The minimum Gasteiger partial charge on any atom is -0.395 e. The van der Waals surface area contributed by atoms with Crippen LogP contribution in [-0.4, -0.2) is 35.7 Å². The zero-order valence-electron chi connectivity index (χ0n) is 11.1. The largest absolute Gasteiger partial charge is 0.395 e. The SMILES string of the molecule is CCCN(CCO)C(=O)NCc1ccc(CC)s1. The van der Waals surface area contributed by atoms with Crippen molar-refractivity contribution in [2.75, 3.05) is 19.7 Å². The molecule has 0 atom stereocenters. The van der Waals surface area contributed by atoms with E-state index in [0.29, 0.717) is 19.6 Å². The fraction of sp³-hybridized carbons (Fsp3) is 0.615. The molecule has 0 radical (unpaired) electrons. The molecule has 18 heavy (non-hydrogen) atoms. The second-order valence-electron chi connectivity index (χ2n) is 4.09. The van der Waals surface area contributed by atoms with Gasteiger partial charge in [0, 0.05) is 22.8 Å². The zero-order chi connectivity index (χ0) is 13.4. The lowest BCUT2D eigenvalue weighted by atomic mass is 10.3. The quantitative estimate of drug-likeness (QED) is 0.798. The number of carbonyl (C=O) groups is 1. The fourth-order valence-corrected chi connectivity index (χ4v) is 2.59. The van der Waals surface area contributed by atoms with Crippen molar-refractivity contribution in [3.05, 3.63) is 21.9 Å². The Kier molecular flexibility index (Phi) is 6.75. The number of urea groups is 1. The summed E-state index contributed by atoms with van der Waals surface area (Å²) in [5, 5.41) is 11.8. The van der Waals surface area contributed by atoms with E-state index in [1.807, 2.05) is 6.92 Å². The highest BCUT2D eigenvalue weighted by molar-refractivity contribution is 7.11. The number of nitrogens with zero attached hydrogens (tertiary/aromatic N) is 1. The number of aliphatic hydroxyl groups excluding tert-OH is 1. The van der Waals surface area contributed by atoms with Crippen LogP contribution in [0.25, 0.3) is 0 Å². The molecule has 4 nitrogen and oxygen atoms in total. The molecule has 0 fully saturated rings. The Hall–Kier alpha value is -1.07. The highest BCUT2D eigenvalue weighted by Gasteiger charge is 2.11. The predicted octanol–water partition coefficient (Wildman–Crippen LogP) is 2.22. The summed E-state index contributed by atoms with van der Waals surface area (Å²) < 4.78 is 0. The molecule has 1 heterocycles. The number of amides is 2. The maximum absolute atomic E-state index is 11.9. The summed E-state index contributed by atoms with van der Waals surface area (Å²) >= 11 is 1.73. The molecule has 0 saturated carbocycles.